The second kappa shape index (κ2) is 6.12. The van der Waals surface area contributed by atoms with Gasteiger partial charge in [0.15, 0.2) is 0 Å². The van der Waals surface area contributed by atoms with Crippen LogP contribution in [0, 0.1) is 0 Å². The minimum Gasteiger partial charge on any atom is -0.348 e. The first-order chi connectivity index (χ1) is 7.15. The van der Waals surface area contributed by atoms with Crippen LogP contribution in [0.4, 0.5) is 0 Å². The highest BCUT2D eigenvalue weighted by atomic mass is 35.5. The number of hydrogen-bond acceptors (Lipinski definition) is 3. The first-order valence-electron chi connectivity index (χ1n) is 4.23. The molecular weight excluding hydrogens is 255 g/mol. The summed E-state index contributed by atoms with van der Waals surface area (Å²) in [7, 11) is 0. The average Bonchev–Trinajstić information content (AvgIpc) is 2.52. The van der Waals surface area contributed by atoms with E-state index in [2.05, 4.69) is 5.32 Å². The Bertz CT molecular complexity index is 376. The summed E-state index contributed by atoms with van der Waals surface area (Å²) < 4.78 is 0.906. The van der Waals surface area contributed by atoms with E-state index in [1.165, 1.54) is 11.3 Å². The van der Waals surface area contributed by atoms with Crippen molar-refractivity contribution in [1.29, 1.82) is 0 Å². The quantitative estimate of drug-likeness (QED) is 0.821. The van der Waals surface area contributed by atoms with E-state index in [-0.39, 0.29) is 5.91 Å². The first-order valence-corrected chi connectivity index (χ1v) is 5.80. The fourth-order valence-electron chi connectivity index (χ4n) is 0.921. The molecule has 0 unspecified atom stereocenters. The smallest absolute Gasteiger partial charge is 0.253 e. The van der Waals surface area contributed by atoms with Crippen molar-refractivity contribution in [3.8, 4) is 0 Å². The summed E-state index contributed by atoms with van der Waals surface area (Å²) >= 11 is 12.7. The molecule has 1 aromatic rings. The number of halogens is 2. The highest BCUT2D eigenvalue weighted by molar-refractivity contribution is 7.20. The standard InChI is InChI=1S/C9H10Cl2N2OS/c10-7-5-6(8(11)15-7)9(14)13-4-2-1-3-12/h1-2,5H,3-4,12H2,(H,13,14)/b2-1+. The van der Waals surface area contributed by atoms with E-state index in [0.29, 0.717) is 27.3 Å². The second-order valence-corrected chi connectivity index (χ2v) is 4.94. The van der Waals surface area contributed by atoms with Gasteiger partial charge in [-0.1, -0.05) is 35.4 Å². The van der Waals surface area contributed by atoms with Crippen LogP contribution in [-0.4, -0.2) is 19.0 Å². The molecule has 0 aliphatic heterocycles. The zero-order chi connectivity index (χ0) is 11.3. The summed E-state index contributed by atoms with van der Waals surface area (Å²) in [6.45, 7) is 0.890. The van der Waals surface area contributed by atoms with E-state index in [9.17, 15) is 4.79 Å². The highest BCUT2D eigenvalue weighted by Crippen LogP contribution is 2.30. The Morgan fingerprint density at radius 2 is 2.27 bits per heavy atom. The summed E-state index contributed by atoms with van der Waals surface area (Å²) in [6.07, 6.45) is 3.54. The van der Waals surface area contributed by atoms with Crippen LogP contribution in [0.15, 0.2) is 18.2 Å². The summed E-state index contributed by atoms with van der Waals surface area (Å²) in [4.78, 5) is 11.5. The molecule has 3 N–H and O–H groups in total. The van der Waals surface area contributed by atoms with Crippen LogP contribution in [0.3, 0.4) is 0 Å². The van der Waals surface area contributed by atoms with Crippen molar-refractivity contribution in [2.75, 3.05) is 13.1 Å². The largest absolute Gasteiger partial charge is 0.348 e. The van der Waals surface area contributed by atoms with Crippen molar-refractivity contribution < 1.29 is 4.79 Å². The molecule has 0 saturated carbocycles. The Morgan fingerprint density at radius 3 is 2.80 bits per heavy atom. The van der Waals surface area contributed by atoms with Crippen LogP contribution in [0.1, 0.15) is 10.4 Å². The van der Waals surface area contributed by atoms with Crippen LogP contribution < -0.4 is 11.1 Å². The van der Waals surface area contributed by atoms with Gasteiger partial charge in [0.25, 0.3) is 5.91 Å². The van der Waals surface area contributed by atoms with Crippen LogP contribution in [0.25, 0.3) is 0 Å². The number of carbonyl (C=O) groups is 1. The third-order valence-electron chi connectivity index (χ3n) is 1.58. The van der Waals surface area contributed by atoms with Crippen molar-refractivity contribution in [3.63, 3.8) is 0 Å². The maximum atomic E-state index is 11.5. The van der Waals surface area contributed by atoms with Crippen molar-refractivity contribution >= 4 is 40.4 Å². The van der Waals surface area contributed by atoms with Gasteiger partial charge in [-0.25, -0.2) is 0 Å². The van der Waals surface area contributed by atoms with Crippen LogP contribution >= 0.6 is 34.5 Å². The third kappa shape index (κ3) is 3.83. The molecule has 6 heteroatoms. The van der Waals surface area contributed by atoms with Crippen molar-refractivity contribution in [2.24, 2.45) is 5.73 Å². The fourth-order valence-corrected chi connectivity index (χ4v) is 2.38. The van der Waals surface area contributed by atoms with Gasteiger partial charge in [0.05, 0.1) is 9.90 Å². The number of nitrogens with two attached hydrogens (primary N) is 1. The summed E-state index contributed by atoms with van der Waals surface area (Å²) in [5.41, 5.74) is 5.66. The molecule has 0 atom stereocenters. The van der Waals surface area contributed by atoms with Gasteiger partial charge in [-0.15, -0.1) is 11.3 Å². The van der Waals surface area contributed by atoms with Crippen LogP contribution in [0.5, 0.6) is 0 Å². The van der Waals surface area contributed by atoms with Gasteiger partial charge in [0, 0.05) is 13.1 Å². The SMILES string of the molecule is NC/C=C/CNC(=O)c1cc(Cl)sc1Cl. The molecule has 82 valence electrons. The topological polar surface area (TPSA) is 55.1 Å². The van der Waals surface area contributed by atoms with Gasteiger partial charge in [-0.2, -0.15) is 0 Å². The highest BCUT2D eigenvalue weighted by Gasteiger charge is 2.12. The fraction of sp³-hybridized carbons (Fsp3) is 0.222. The first kappa shape index (κ1) is 12.5. The normalized spacial score (nSPS) is 10.9. The predicted molar refractivity (Wildman–Crippen MR) is 64.9 cm³/mol. The average molecular weight is 265 g/mol. The minimum atomic E-state index is -0.232. The molecule has 1 rings (SSSR count). The van der Waals surface area contributed by atoms with E-state index >= 15 is 0 Å². The van der Waals surface area contributed by atoms with Gasteiger partial charge in [0.2, 0.25) is 0 Å². The lowest BCUT2D eigenvalue weighted by atomic mass is 10.3. The molecule has 0 saturated heterocycles. The second-order valence-electron chi connectivity index (χ2n) is 2.66. The number of amides is 1. The van der Waals surface area contributed by atoms with Gasteiger partial charge in [0.1, 0.15) is 4.34 Å². The number of thiophene rings is 1. The molecule has 1 aromatic heterocycles. The van der Waals surface area contributed by atoms with Crippen LogP contribution in [-0.2, 0) is 0 Å². The number of carbonyl (C=O) groups excluding carboxylic acids is 1. The van der Waals surface area contributed by atoms with Gasteiger partial charge in [-0.3, -0.25) is 4.79 Å². The van der Waals surface area contributed by atoms with Crippen molar-refractivity contribution in [3.05, 3.63) is 32.5 Å². The van der Waals surface area contributed by atoms with Gasteiger partial charge >= 0.3 is 0 Å². The maximum Gasteiger partial charge on any atom is 0.253 e. The molecule has 1 heterocycles. The molecule has 3 nitrogen and oxygen atoms in total. The molecule has 0 aromatic carbocycles. The van der Waals surface area contributed by atoms with E-state index in [0.717, 1.165) is 0 Å². The zero-order valence-corrected chi connectivity index (χ0v) is 10.1. The summed E-state index contributed by atoms with van der Waals surface area (Å²) in [5.74, 6) is -0.232. The Balaban J connectivity index is 2.54. The lowest BCUT2D eigenvalue weighted by molar-refractivity contribution is 0.0958. The van der Waals surface area contributed by atoms with Crippen molar-refractivity contribution in [2.45, 2.75) is 0 Å². The van der Waals surface area contributed by atoms with Crippen molar-refractivity contribution in [1.82, 2.24) is 5.32 Å². The molecule has 1 amide bonds. The van der Waals surface area contributed by atoms with Gasteiger partial charge in [-0.05, 0) is 6.07 Å². The number of nitrogens with one attached hydrogen (secondary N) is 1. The minimum absolute atomic E-state index is 0.232. The number of hydrogen-bond donors (Lipinski definition) is 2. The molecule has 0 fully saturated rings. The molecule has 0 aliphatic carbocycles. The van der Waals surface area contributed by atoms with E-state index < -0.39 is 0 Å². The molecule has 15 heavy (non-hydrogen) atoms. The summed E-state index contributed by atoms with van der Waals surface area (Å²) in [5, 5.41) is 2.67. The number of rotatable bonds is 4. The Hall–Kier alpha value is -0.550. The zero-order valence-electron chi connectivity index (χ0n) is 7.80. The lowest BCUT2D eigenvalue weighted by Crippen LogP contribution is -2.23. The maximum absolute atomic E-state index is 11.5. The van der Waals surface area contributed by atoms with E-state index in [1.807, 2.05) is 0 Å². The van der Waals surface area contributed by atoms with Gasteiger partial charge < -0.3 is 11.1 Å². The molecule has 0 radical (unpaired) electrons. The monoisotopic (exact) mass is 264 g/mol. The molecule has 0 bridgehead atoms. The Labute approximate surface area is 102 Å². The van der Waals surface area contributed by atoms with Crippen LogP contribution in [0.2, 0.25) is 8.67 Å². The van der Waals surface area contributed by atoms with E-state index in [4.69, 9.17) is 28.9 Å². The van der Waals surface area contributed by atoms with E-state index in [1.54, 1.807) is 18.2 Å². The predicted octanol–water partition coefficient (Wildman–Crippen LogP) is 2.30. The Kier molecular flexibility index (Phi) is 5.11. The molecular formula is C9H10Cl2N2OS. The lowest BCUT2D eigenvalue weighted by Gasteiger charge is -1.99. The Morgan fingerprint density at radius 1 is 1.53 bits per heavy atom. The molecule has 0 aliphatic rings. The molecule has 0 spiro atoms. The third-order valence-corrected chi connectivity index (χ3v) is 3.07. The summed E-state index contributed by atoms with van der Waals surface area (Å²) in [6, 6.07) is 1.55.